The SMILES string of the molecule is COc1cc2nc(NC(=O)C3CCCN3S(=O)(=O)c3ccc([N+](=O)[O-])cc3)sc2cc1OC. The van der Waals surface area contributed by atoms with Gasteiger partial charge in [-0.3, -0.25) is 14.9 Å². The number of amides is 1. The number of methoxy groups -OCH3 is 2. The van der Waals surface area contributed by atoms with Crippen LogP contribution in [0.25, 0.3) is 10.2 Å². The van der Waals surface area contributed by atoms with E-state index in [4.69, 9.17) is 9.47 Å². The van der Waals surface area contributed by atoms with Crippen molar-refractivity contribution < 1.29 is 27.6 Å². The normalized spacial score (nSPS) is 16.6. The third-order valence-electron chi connectivity index (χ3n) is 5.28. The van der Waals surface area contributed by atoms with Gasteiger partial charge in [0, 0.05) is 30.8 Å². The van der Waals surface area contributed by atoms with Gasteiger partial charge in [-0.25, -0.2) is 13.4 Å². The molecule has 1 atom stereocenters. The lowest BCUT2D eigenvalue weighted by molar-refractivity contribution is -0.384. The Balaban J connectivity index is 1.56. The van der Waals surface area contributed by atoms with Crippen molar-refractivity contribution in [2.45, 2.75) is 23.8 Å². The number of ether oxygens (including phenoxy) is 2. The number of non-ortho nitro benzene ring substituents is 1. The van der Waals surface area contributed by atoms with Gasteiger partial charge in [-0.1, -0.05) is 11.3 Å². The standard InChI is InChI=1S/C20H20N4O7S2/c1-30-16-10-14-18(11-17(16)31-2)32-20(21-14)22-19(25)15-4-3-9-23(15)33(28,29)13-7-5-12(6-8-13)24(26)27/h5-8,10-11,15H,3-4,9H2,1-2H3,(H,21,22,25). The van der Waals surface area contributed by atoms with E-state index in [0.29, 0.717) is 35.0 Å². The van der Waals surface area contributed by atoms with Crippen LogP contribution in [-0.2, 0) is 14.8 Å². The summed E-state index contributed by atoms with van der Waals surface area (Å²) < 4.78 is 38.7. The summed E-state index contributed by atoms with van der Waals surface area (Å²) in [5.41, 5.74) is 0.392. The van der Waals surface area contributed by atoms with Gasteiger partial charge in [-0.2, -0.15) is 4.31 Å². The minimum atomic E-state index is -4.01. The number of thiazole rings is 1. The largest absolute Gasteiger partial charge is 0.493 e. The van der Waals surface area contributed by atoms with E-state index in [0.717, 1.165) is 21.1 Å². The average Bonchev–Trinajstić information content (AvgIpc) is 3.45. The van der Waals surface area contributed by atoms with Crippen LogP contribution >= 0.6 is 11.3 Å². The molecule has 11 nitrogen and oxygen atoms in total. The molecule has 1 unspecified atom stereocenters. The third-order valence-corrected chi connectivity index (χ3v) is 8.14. The van der Waals surface area contributed by atoms with Gasteiger partial charge >= 0.3 is 0 Å². The summed E-state index contributed by atoms with van der Waals surface area (Å²) in [5, 5.41) is 13.9. The maximum Gasteiger partial charge on any atom is 0.269 e. The summed E-state index contributed by atoms with van der Waals surface area (Å²) in [7, 11) is -0.976. The Kier molecular flexibility index (Phi) is 6.19. The molecule has 2 heterocycles. The molecule has 174 valence electrons. The van der Waals surface area contributed by atoms with Crippen LogP contribution in [0.3, 0.4) is 0 Å². The van der Waals surface area contributed by atoms with Crippen molar-refractivity contribution in [1.82, 2.24) is 9.29 Å². The molecule has 2 aromatic carbocycles. The second-order valence-corrected chi connectivity index (χ2v) is 10.1. The third kappa shape index (κ3) is 4.34. The van der Waals surface area contributed by atoms with E-state index < -0.39 is 26.9 Å². The van der Waals surface area contributed by atoms with Gasteiger partial charge in [0.25, 0.3) is 5.69 Å². The summed E-state index contributed by atoms with van der Waals surface area (Å²) in [4.78, 5) is 27.5. The van der Waals surface area contributed by atoms with Crippen LogP contribution in [0.15, 0.2) is 41.3 Å². The highest BCUT2D eigenvalue weighted by molar-refractivity contribution is 7.89. The molecule has 1 aliphatic heterocycles. The number of carbonyl (C=O) groups is 1. The van der Waals surface area contributed by atoms with Crippen LogP contribution in [0.4, 0.5) is 10.8 Å². The van der Waals surface area contributed by atoms with Gasteiger partial charge in [0.15, 0.2) is 16.6 Å². The zero-order valence-corrected chi connectivity index (χ0v) is 19.3. The van der Waals surface area contributed by atoms with Crippen molar-refractivity contribution >= 4 is 48.3 Å². The monoisotopic (exact) mass is 492 g/mol. The molecule has 0 bridgehead atoms. The second kappa shape index (κ2) is 8.92. The van der Waals surface area contributed by atoms with Crippen LogP contribution in [0.5, 0.6) is 11.5 Å². The number of carbonyl (C=O) groups excluding carboxylic acids is 1. The Hall–Kier alpha value is -3.29. The van der Waals surface area contributed by atoms with Gasteiger partial charge in [0.1, 0.15) is 6.04 Å². The van der Waals surface area contributed by atoms with Gasteiger partial charge in [-0.15, -0.1) is 0 Å². The number of fused-ring (bicyclic) bond motifs is 1. The molecule has 1 N–H and O–H groups in total. The van der Waals surface area contributed by atoms with E-state index in [9.17, 15) is 23.3 Å². The molecule has 13 heteroatoms. The van der Waals surface area contributed by atoms with Crippen LogP contribution in [0, 0.1) is 10.1 Å². The molecule has 1 aliphatic rings. The number of sulfonamides is 1. The molecule has 0 saturated carbocycles. The predicted molar refractivity (Wildman–Crippen MR) is 121 cm³/mol. The zero-order valence-electron chi connectivity index (χ0n) is 17.7. The van der Waals surface area contributed by atoms with Crippen LogP contribution < -0.4 is 14.8 Å². The van der Waals surface area contributed by atoms with E-state index in [2.05, 4.69) is 10.3 Å². The molecule has 33 heavy (non-hydrogen) atoms. The van der Waals surface area contributed by atoms with E-state index in [1.807, 2.05) is 0 Å². The summed E-state index contributed by atoms with van der Waals surface area (Å²) in [6.45, 7) is 0.172. The van der Waals surface area contributed by atoms with Crippen molar-refractivity contribution in [3.05, 3.63) is 46.5 Å². The Morgan fingerprint density at radius 1 is 1.21 bits per heavy atom. The number of benzene rings is 2. The molecular formula is C20H20N4O7S2. The number of aromatic nitrogens is 1. The number of rotatable bonds is 7. The lowest BCUT2D eigenvalue weighted by Gasteiger charge is -2.22. The number of nitrogens with zero attached hydrogens (tertiary/aromatic N) is 3. The Morgan fingerprint density at radius 3 is 2.52 bits per heavy atom. The summed E-state index contributed by atoms with van der Waals surface area (Å²) in [6.07, 6.45) is 0.864. The number of nitro groups is 1. The van der Waals surface area contributed by atoms with Crippen molar-refractivity contribution in [3.8, 4) is 11.5 Å². The fourth-order valence-corrected chi connectivity index (χ4v) is 6.20. The molecule has 3 aromatic rings. The highest BCUT2D eigenvalue weighted by atomic mass is 32.2. The zero-order chi connectivity index (χ0) is 23.8. The fourth-order valence-electron chi connectivity index (χ4n) is 3.66. The molecule has 1 amide bonds. The van der Waals surface area contributed by atoms with E-state index >= 15 is 0 Å². The highest BCUT2D eigenvalue weighted by Gasteiger charge is 2.39. The lowest BCUT2D eigenvalue weighted by atomic mass is 10.2. The van der Waals surface area contributed by atoms with Gasteiger partial charge in [0.2, 0.25) is 15.9 Å². The number of anilines is 1. The molecule has 0 radical (unpaired) electrons. The van der Waals surface area contributed by atoms with Crippen LogP contribution in [0.1, 0.15) is 12.8 Å². The van der Waals surface area contributed by atoms with E-state index in [1.165, 1.54) is 37.7 Å². The highest BCUT2D eigenvalue weighted by Crippen LogP contribution is 2.36. The molecule has 0 aliphatic carbocycles. The van der Waals surface area contributed by atoms with Gasteiger partial charge in [0.05, 0.1) is 34.3 Å². The van der Waals surface area contributed by atoms with Crippen molar-refractivity contribution in [3.63, 3.8) is 0 Å². The Labute approximate surface area is 193 Å². The molecular weight excluding hydrogens is 472 g/mol. The van der Waals surface area contributed by atoms with Crippen molar-refractivity contribution in [2.24, 2.45) is 0 Å². The number of nitrogens with one attached hydrogen (secondary N) is 1. The van der Waals surface area contributed by atoms with Crippen LogP contribution in [-0.4, -0.2) is 55.3 Å². The minimum Gasteiger partial charge on any atom is -0.493 e. The predicted octanol–water partition coefficient (Wildman–Crippen LogP) is 3.01. The van der Waals surface area contributed by atoms with Crippen molar-refractivity contribution in [2.75, 3.05) is 26.1 Å². The maximum absolute atomic E-state index is 13.1. The average molecular weight is 493 g/mol. The molecule has 1 saturated heterocycles. The fraction of sp³-hybridized carbons (Fsp3) is 0.300. The summed E-state index contributed by atoms with van der Waals surface area (Å²) in [6, 6.07) is 7.14. The first-order chi connectivity index (χ1) is 15.7. The molecule has 1 fully saturated rings. The van der Waals surface area contributed by atoms with E-state index in [-0.39, 0.29) is 17.1 Å². The van der Waals surface area contributed by atoms with Crippen LogP contribution in [0.2, 0.25) is 0 Å². The summed E-state index contributed by atoms with van der Waals surface area (Å²) in [5.74, 6) is 0.544. The topological polar surface area (TPSA) is 141 Å². The Morgan fingerprint density at radius 2 is 1.88 bits per heavy atom. The van der Waals surface area contributed by atoms with Gasteiger partial charge < -0.3 is 14.8 Å². The first-order valence-electron chi connectivity index (χ1n) is 9.84. The quantitative estimate of drug-likeness (QED) is 0.392. The number of hydrogen-bond donors (Lipinski definition) is 1. The van der Waals surface area contributed by atoms with Gasteiger partial charge in [-0.05, 0) is 25.0 Å². The lowest BCUT2D eigenvalue weighted by Crippen LogP contribution is -2.43. The van der Waals surface area contributed by atoms with Crippen molar-refractivity contribution in [1.29, 1.82) is 0 Å². The minimum absolute atomic E-state index is 0.105. The molecule has 0 spiro atoms. The first kappa shape index (κ1) is 22.9. The smallest absolute Gasteiger partial charge is 0.269 e. The molecule has 4 rings (SSSR count). The Bertz CT molecular complexity index is 1280. The first-order valence-corrected chi connectivity index (χ1v) is 12.1. The summed E-state index contributed by atoms with van der Waals surface area (Å²) >= 11 is 1.23. The second-order valence-electron chi connectivity index (χ2n) is 7.21. The maximum atomic E-state index is 13.1. The number of nitro benzene ring substituents is 1. The number of hydrogen-bond acceptors (Lipinski definition) is 9. The molecule has 1 aromatic heterocycles. The van der Waals surface area contributed by atoms with E-state index in [1.54, 1.807) is 12.1 Å².